The Morgan fingerprint density at radius 1 is 1.38 bits per heavy atom. The summed E-state index contributed by atoms with van der Waals surface area (Å²) in [5.41, 5.74) is 1.82. The quantitative estimate of drug-likeness (QED) is 0.655. The molecule has 0 aromatic heterocycles. The summed E-state index contributed by atoms with van der Waals surface area (Å²) in [6.45, 7) is 5.60. The maximum Gasteiger partial charge on any atom is 0.138 e. The van der Waals surface area contributed by atoms with Gasteiger partial charge in [0.05, 0.1) is 5.56 Å². The molecule has 0 amide bonds. The first kappa shape index (κ1) is 7.92. The number of rotatable bonds is 0. The second-order valence-corrected chi connectivity index (χ2v) is 3.10. The SMILES string of the molecule is C=C1C=C(O)c2cc(C)ccc2O1. The Kier molecular flexibility index (Phi) is 1.62. The summed E-state index contributed by atoms with van der Waals surface area (Å²) in [6.07, 6.45) is 1.52. The molecule has 66 valence electrons. The van der Waals surface area contributed by atoms with Crippen LogP contribution in [0.1, 0.15) is 11.1 Å². The van der Waals surface area contributed by atoms with Crippen LogP contribution in [0.4, 0.5) is 0 Å². The lowest BCUT2D eigenvalue weighted by molar-refractivity contribution is 0.420. The summed E-state index contributed by atoms with van der Waals surface area (Å²) in [7, 11) is 0. The molecule has 0 aliphatic carbocycles. The van der Waals surface area contributed by atoms with Crippen molar-refractivity contribution in [2.24, 2.45) is 0 Å². The van der Waals surface area contributed by atoms with Crippen molar-refractivity contribution in [3.8, 4) is 5.75 Å². The van der Waals surface area contributed by atoms with Crippen molar-refractivity contribution in [2.45, 2.75) is 6.92 Å². The number of hydrogen-bond donors (Lipinski definition) is 1. The Morgan fingerprint density at radius 3 is 2.92 bits per heavy atom. The molecule has 1 aliphatic rings. The zero-order chi connectivity index (χ0) is 9.42. The van der Waals surface area contributed by atoms with Crippen LogP contribution in [0.25, 0.3) is 5.76 Å². The third-order valence-corrected chi connectivity index (χ3v) is 1.95. The van der Waals surface area contributed by atoms with Crippen LogP contribution < -0.4 is 4.74 Å². The zero-order valence-corrected chi connectivity index (χ0v) is 7.37. The number of benzene rings is 1. The van der Waals surface area contributed by atoms with Crippen LogP contribution in [0.5, 0.6) is 5.75 Å². The smallest absolute Gasteiger partial charge is 0.138 e. The molecule has 1 aliphatic heterocycles. The number of allylic oxidation sites excluding steroid dienone is 1. The first-order chi connectivity index (χ1) is 6.16. The van der Waals surface area contributed by atoms with E-state index in [4.69, 9.17) is 4.74 Å². The van der Waals surface area contributed by atoms with Gasteiger partial charge >= 0.3 is 0 Å². The van der Waals surface area contributed by atoms with Crippen LogP contribution in [0.3, 0.4) is 0 Å². The van der Waals surface area contributed by atoms with Crippen molar-refractivity contribution >= 4 is 5.76 Å². The van der Waals surface area contributed by atoms with Crippen molar-refractivity contribution in [3.63, 3.8) is 0 Å². The second kappa shape index (κ2) is 2.66. The van der Waals surface area contributed by atoms with E-state index in [0.717, 1.165) is 11.1 Å². The fourth-order valence-corrected chi connectivity index (χ4v) is 1.33. The van der Waals surface area contributed by atoms with E-state index in [0.29, 0.717) is 11.5 Å². The molecule has 0 spiro atoms. The largest absolute Gasteiger partial charge is 0.507 e. The van der Waals surface area contributed by atoms with Gasteiger partial charge in [-0.15, -0.1) is 0 Å². The van der Waals surface area contributed by atoms with Gasteiger partial charge in [0.15, 0.2) is 0 Å². The third-order valence-electron chi connectivity index (χ3n) is 1.95. The first-order valence-electron chi connectivity index (χ1n) is 4.05. The highest BCUT2D eigenvalue weighted by Crippen LogP contribution is 2.31. The minimum atomic E-state index is 0.218. The van der Waals surface area contributed by atoms with Crippen molar-refractivity contribution < 1.29 is 9.84 Å². The van der Waals surface area contributed by atoms with Crippen LogP contribution in [0, 0.1) is 6.92 Å². The first-order valence-corrected chi connectivity index (χ1v) is 4.05. The molecule has 0 bridgehead atoms. The Bertz CT molecular complexity index is 403. The highest BCUT2D eigenvalue weighted by atomic mass is 16.5. The molecular formula is C11H10O2. The maximum absolute atomic E-state index is 9.58. The van der Waals surface area contributed by atoms with Crippen LogP contribution in [-0.2, 0) is 0 Å². The Balaban J connectivity index is 2.60. The number of hydrogen-bond acceptors (Lipinski definition) is 2. The lowest BCUT2D eigenvalue weighted by Crippen LogP contribution is -2.02. The molecule has 13 heavy (non-hydrogen) atoms. The Labute approximate surface area is 76.8 Å². The molecule has 2 heteroatoms. The van der Waals surface area contributed by atoms with Crippen LogP contribution in [-0.4, -0.2) is 5.11 Å². The predicted octanol–water partition coefficient (Wildman–Crippen LogP) is 2.80. The van der Waals surface area contributed by atoms with Crippen LogP contribution in [0.15, 0.2) is 36.6 Å². The Hall–Kier alpha value is -1.70. The number of aliphatic hydroxyl groups excluding tert-OH is 1. The lowest BCUT2D eigenvalue weighted by Gasteiger charge is -2.16. The molecule has 1 heterocycles. The van der Waals surface area contributed by atoms with E-state index in [-0.39, 0.29) is 5.76 Å². The average molecular weight is 174 g/mol. The minimum Gasteiger partial charge on any atom is -0.507 e. The van der Waals surface area contributed by atoms with Crippen molar-refractivity contribution in [1.29, 1.82) is 0 Å². The zero-order valence-electron chi connectivity index (χ0n) is 7.37. The van der Waals surface area contributed by atoms with E-state index in [1.807, 2.05) is 25.1 Å². The van der Waals surface area contributed by atoms with Gasteiger partial charge in [-0.05, 0) is 19.1 Å². The van der Waals surface area contributed by atoms with E-state index in [1.54, 1.807) is 0 Å². The van der Waals surface area contributed by atoms with Gasteiger partial charge in [0, 0.05) is 6.08 Å². The van der Waals surface area contributed by atoms with Gasteiger partial charge in [-0.2, -0.15) is 0 Å². The summed E-state index contributed by atoms with van der Waals surface area (Å²) in [5, 5.41) is 9.58. The summed E-state index contributed by atoms with van der Waals surface area (Å²) in [6, 6.07) is 5.65. The van der Waals surface area contributed by atoms with Gasteiger partial charge in [0.1, 0.15) is 17.3 Å². The van der Waals surface area contributed by atoms with Crippen LogP contribution >= 0.6 is 0 Å². The molecule has 0 radical (unpaired) electrons. The number of aryl methyl sites for hydroxylation is 1. The highest BCUT2D eigenvalue weighted by Gasteiger charge is 2.14. The van der Waals surface area contributed by atoms with Gasteiger partial charge in [-0.3, -0.25) is 0 Å². The number of aliphatic hydroxyl groups is 1. The van der Waals surface area contributed by atoms with Crippen molar-refractivity contribution in [3.05, 3.63) is 47.7 Å². The maximum atomic E-state index is 9.58. The fraction of sp³-hybridized carbons (Fsp3) is 0.0909. The second-order valence-electron chi connectivity index (χ2n) is 3.10. The molecule has 0 atom stereocenters. The van der Waals surface area contributed by atoms with Gasteiger partial charge in [0.25, 0.3) is 0 Å². The standard InChI is InChI=1S/C11H10O2/c1-7-3-4-11-9(5-7)10(12)6-8(2)13-11/h3-6,12H,2H2,1H3. The molecule has 0 unspecified atom stereocenters. The number of fused-ring (bicyclic) bond motifs is 1. The lowest BCUT2D eigenvalue weighted by atomic mass is 10.1. The molecular weight excluding hydrogens is 164 g/mol. The van der Waals surface area contributed by atoms with E-state index < -0.39 is 0 Å². The average Bonchev–Trinajstić information content (AvgIpc) is 2.06. The van der Waals surface area contributed by atoms with Gasteiger partial charge in [-0.25, -0.2) is 0 Å². The monoisotopic (exact) mass is 174 g/mol. The van der Waals surface area contributed by atoms with E-state index >= 15 is 0 Å². The van der Waals surface area contributed by atoms with E-state index in [9.17, 15) is 5.11 Å². The molecule has 0 fully saturated rings. The van der Waals surface area contributed by atoms with Crippen molar-refractivity contribution in [2.75, 3.05) is 0 Å². The summed E-state index contributed by atoms with van der Waals surface area (Å²) >= 11 is 0. The predicted molar refractivity (Wildman–Crippen MR) is 51.6 cm³/mol. The molecule has 1 aromatic rings. The third kappa shape index (κ3) is 1.31. The molecule has 0 saturated heterocycles. The number of ether oxygens (including phenoxy) is 1. The summed E-state index contributed by atoms with van der Waals surface area (Å²) in [5.74, 6) is 1.35. The Morgan fingerprint density at radius 2 is 2.15 bits per heavy atom. The highest BCUT2D eigenvalue weighted by molar-refractivity contribution is 5.69. The van der Waals surface area contributed by atoms with E-state index in [2.05, 4.69) is 6.58 Å². The normalized spacial score (nSPS) is 14.5. The molecule has 1 N–H and O–H groups in total. The topological polar surface area (TPSA) is 29.5 Å². The van der Waals surface area contributed by atoms with Gasteiger partial charge < -0.3 is 9.84 Å². The van der Waals surface area contributed by atoms with E-state index in [1.165, 1.54) is 6.08 Å². The molecule has 2 rings (SSSR count). The molecule has 0 saturated carbocycles. The van der Waals surface area contributed by atoms with Gasteiger partial charge in [-0.1, -0.05) is 18.2 Å². The molecule has 1 aromatic carbocycles. The summed E-state index contributed by atoms with van der Waals surface area (Å²) < 4.78 is 5.33. The fourth-order valence-electron chi connectivity index (χ4n) is 1.33. The molecule has 2 nitrogen and oxygen atoms in total. The van der Waals surface area contributed by atoms with Crippen molar-refractivity contribution in [1.82, 2.24) is 0 Å². The summed E-state index contributed by atoms with van der Waals surface area (Å²) in [4.78, 5) is 0. The minimum absolute atomic E-state index is 0.218. The van der Waals surface area contributed by atoms with Crippen LogP contribution in [0.2, 0.25) is 0 Å². The van der Waals surface area contributed by atoms with Gasteiger partial charge in [0.2, 0.25) is 0 Å².